The Morgan fingerprint density at radius 2 is 1.86 bits per heavy atom. The second-order valence-corrected chi connectivity index (χ2v) is 8.04. The van der Waals surface area contributed by atoms with Gasteiger partial charge in [-0.2, -0.15) is 0 Å². The summed E-state index contributed by atoms with van der Waals surface area (Å²) in [6.07, 6.45) is 0.571. The van der Waals surface area contributed by atoms with Gasteiger partial charge in [-0.15, -0.1) is 4.72 Å². The highest BCUT2D eigenvalue weighted by Crippen LogP contribution is 2.25. The molecule has 0 spiro atoms. The molecule has 124 valence electrons. The van der Waals surface area contributed by atoms with E-state index in [1.165, 1.54) is 12.1 Å². The molecule has 0 bridgehead atoms. The van der Waals surface area contributed by atoms with Crippen molar-refractivity contribution in [1.29, 1.82) is 0 Å². The molecule has 0 saturated heterocycles. The second kappa shape index (κ2) is 7.89. The van der Waals surface area contributed by atoms with Crippen LogP contribution in [-0.2, 0) is 16.2 Å². The SMILES string of the molecule is CC(C)(C)[S@+]([O-])NC(CCCC(=O)O)c1cc(F)cc(F)c1. The van der Waals surface area contributed by atoms with Crippen LogP contribution in [0.25, 0.3) is 0 Å². The highest BCUT2D eigenvalue weighted by atomic mass is 32.2. The summed E-state index contributed by atoms with van der Waals surface area (Å²) < 4.78 is 41.3. The molecule has 0 saturated carbocycles. The van der Waals surface area contributed by atoms with Crippen molar-refractivity contribution in [1.82, 2.24) is 4.72 Å². The molecule has 0 aromatic heterocycles. The summed E-state index contributed by atoms with van der Waals surface area (Å²) in [4.78, 5) is 10.6. The number of carboxylic acids is 1. The average molecular weight is 333 g/mol. The molecule has 22 heavy (non-hydrogen) atoms. The molecule has 0 aliphatic rings. The average Bonchev–Trinajstić information content (AvgIpc) is 2.34. The van der Waals surface area contributed by atoms with Gasteiger partial charge in [-0.1, -0.05) is 0 Å². The van der Waals surface area contributed by atoms with Crippen LogP contribution in [0, 0.1) is 11.6 Å². The first-order valence-electron chi connectivity index (χ1n) is 6.95. The van der Waals surface area contributed by atoms with E-state index in [4.69, 9.17) is 5.11 Å². The summed E-state index contributed by atoms with van der Waals surface area (Å²) >= 11 is -1.44. The number of carbonyl (C=O) groups is 1. The van der Waals surface area contributed by atoms with Gasteiger partial charge in [0.15, 0.2) is 0 Å². The molecule has 2 N–H and O–H groups in total. The van der Waals surface area contributed by atoms with Gasteiger partial charge < -0.3 is 9.66 Å². The van der Waals surface area contributed by atoms with Crippen LogP contribution in [0.15, 0.2) is 18.2 Å². The zero-order valence-electron chi connectivity index (χ0n) is 12.9. The summed E-state index contributed by atoms with van der Waals surface area (Å²) in [5, 5.41) is 8.70. The van der Waals surface area contributed by atoms with Gasteiger partial charge in [-0.3, -0.25) is 4.79 Å². The lowest BCUT2D eigenvalue weighted by Gasteiger charge is -2.28. The molecule has 7 heteroatoms. The molecule has 2 atom stereocenters. The molecule has 1 unspecified atom stereocenters. The summed E-state index contributed by atoms with van der Waals surface area (Å²) in [6.45, 7) is 5.32. The van der Waals surface area contributed by atoms with Gasteiger partial charge in [0, 0.05) is 23.8 Å². The molecule has 0 fully saturated rings. The number of hydrogen-bond acceptors (Lipinski definition) is 3. The fraction of sp³-hybridized carbons (Fsp3) is 0.533. The standard InChI is InChI=1S/C15H21F2NO3S/c1-15(2,3)22(21)18-13(5-4-6-14(19)20)10-7-11(16)9-12(17)8-10/h7-9,13,18H,4-6H2,1-3H3,(H,19,20)/t13?,22-/m0/s1. The molecular weight excluding hydrogens is 312 g/mol. The number of aliphatic carboxylic acids is 1. The van der Waals surface area contributed by atoms with Crippen molar-refractivity contribution in [3.05, 3.63) is 35.4 Å². The lowest BCUT2D eigenvalue weighted by molar-refractivity contribution is -0.137. The molecule has 4 nitrogen and oxygen atoms in total. The Labute approximate surface area is 132 Å². The largest absolute Gasteiger partial charge is 0.598 e. The highest BCUT2D eigenvalue weighted by molar-refractivity contribution is 7.90. The van der Waals surface area contributed by atoms with Gasteiger partial charge >= 0.3 is 5.97 Å². The van der Waals surface area contributed by atoms with E-state index in [1.54, 1.807) is 20.8 Å². The Hall–Kier alpha value is -1.18. The maximum absolute atomic E-state index is 13.4. The smallest absolute Gasteiger partial charge is 0.303 e. The highest BCUT2D eigenvalue weighted by Gasteiger charge is 2.30. The van der Waals surface area contributed by atoms with Gasteiger partial charge in [0.25, 0.3) is 0 Å². The van der Waals surface area contributed by atoms with Crippen LogP contribution >= 0.6 is 0 Å². The quantitative estimate of drug-likeness (QED) is 0.751. The van der Waals surface area contributed by atoms with Crippen LogP contribution in [-0.4, -0.2) is 20.4 Å². The molecule has 0 radical (unpaired) electrons. The van der Waals surface area contributed by atoms with Gasteiger partial charge in [0.05, 0.1) is 6.04 Å². The van der Waals surface area contributed by atoms with Crippen molar-refractivity contribution >= 4 is 17.3 Å². The van der Waals surface area contributed by atoms with E-state index in [0.717, 1.165) is 6.07 Å². The van der Waals surface area contributed by atoms with E-state index in [9.17, 15) is 18.1 Å². The molecule has 0 heterocycles. The Morgan fingerprint density at radius 1 is 1.32 bits per heavy atom. The number of carboxylic acid groups (broad SMARTS) is 1. The third-order valence-corrected chi connectivity index (χ3v) is 4.59. The van der Waals surface area contributed by atoms with Crippen molar-refractivity contribution in [3.63, 3.8) is 0 Å². The number of nitrogens with one attached hydrogen (secondary N) is 1. The summed E-state index contributed by atoms with van der Waals surface area (Å²) in [5.74, 6) is -2.38. The van der Waals surface area contributed by atoms with Crippen molar-refractivity contribution < 1.29 is 23.2 Å². The lowest BCUT2D eigenvalue weighted by Crippen LogP contribution is -2.41. The minimum Gasteiger partial charge on any atom is -0.598 e. The van der Waals surface area contributed by atoms with Gasteiger partial charge in [0.1, 0.15) is 16.4 Å². The maximum Gasteiger partial charge on any atom is 0.303 e. The molecule has 0 aliphatic carbocycles. The Bertz CT molecular complexity index is 500. The van der Waals surface area contributed by atoms with Crippen LogP contribution in [0.5, 0.6) is 0 Å². The summed E-state index contributed by atoms with van der Waals surface area (Å²) in [6, 6.07) is 2.52. The van der Waals surface area contributed by atoms with Crippen molar-refractivity contribution in [3.8, 4) is 0 Å². The topological polar surface area (TPSA) is 72.4 Å². The number of halogens is 2. The third-order valence-electron chi connectivity index (χ3n) is 2.98. The van der Waals surface area contributed by atoms with Gasteiger partial charge in [-0.05, 0) is 51.3 Å². The van der Waals surface area contributed by atoms with Crippen molar-refractivity contribution in [2.45, 2.75) is 50.8 Å². The van der Waals surface area contributed by atoms with E-state index >= 15 is 0 Å². The van der Waals surface area contributed by atoms with Gasteiger partial charge in [0.2, 0.25) is 0 Å². The molecular formula is C15H21F2NO3S. The van der Waals surface area contributed by atoms with Gasteiger partial charge in [-0.25, -0.2) is 8.78 Å². The predicted molar refractivity (Wildman–Crippen MR) is 81.6 cm³/mol. The minimum atomic E-state index is -1.44. The lowest BCUT2D eigenvalue weighted by atomic mass is 10.0. The number of benzene rings is 1. The molecule has 1 aromatic carbocycles. The molecule has 0 amide bonds. The van der Waals surface area contributed by atoms with Crippen molar-refractivity contribution in [2.24, 2.45) is 0 Å². The van der Waals surface area contributed by atoms with Crippen LogP contribution in [0.4, 0.5) is 8.78 Å². The van der Waals surface area contributed by atoms with E-state index in [0.29, 0.717) is 18.4 Å². The normalized spacial score (nSPS) is 14.6. The van der Waals surface area contributed by atoms with E-state index < -0.39 is 39.8 Å². The number of rotatable bonds is 7. The zero-order chi connectivity index (χ0) is 16.9. The molecule has 1 aromatic rings. The third kappa shape index (κ3) is 6.29. The first kappa shape index (κ1) is 18.9. The second-order valence-electron chi connectivity index (χ2n) is 6.04. The van der Waals surface area contributed by atoms with Crippen LogP contribution in [0.2, 0.25) is 0 Å². The fourth-order valence-corrected chi connectivity index (χ4v) is 2.70. The monoisotopic (exact) mass is 333 g/mol. The fourth-order valence-electron chi connectivity index (χ4n) is 1.83. The maximum atomic E-state index is 13.4. The van der Waals surface area contributed by atoms with Crippen LogP contribution in [0.1, 0.15) is 51.6 Å². The Kier molecular flexibility index (Phi) is 6.77. The van der Waals surface area contributed by atoms with Crippen molar-refractivity contribution in [2.75, 3.05) is 0 Å². The first-order valence-corrected chi connectivity index (χ1v) is 8.10. The predicted octanol–water partition coefficient (Wildman–Crippen LogP) is 3.31. The summed E-state index contributed by atoms with van der Waals surface area (Å²) in [5.41, 5.74) is 0.320. The Balaban J connectivity index is 2.92. The van der Waals surface area contributed by atoms with Crippen LogP contribution < -0.4 is 4.72 Å². The number of hydrogen-bond donors (Lipinski definition) is 2. The summed E-state index contributed by atoms with van der Waals surface area (Å²) in [7, 11) is 0. The van der Waals surface area contributed by atoms with E-state index in [-0.39, 0.29) is 6.42 Å². The van der Waals surface area contributed by atoms with E-state index in [2.05, 4.69) is 4.72 Å². The minimum absolute atomic E-state index is 0.0574. The molecule has 1 rings (SSSR count). The zero-order valence-corrected chi connectivity index (χ0v) is 13.7. The van der Waals surface area contributed by atoms with E-state index in [1.807, 2.05) is 0 Å². The Morgan fingerprint density at radius 3 is 2.32 bits per heavy atom. The first-order chi connectivity index (χ1) is 10.1. The van der Waals surface area contributed by atoms with Crippen LogP contribution in [0.3, 0.4) is 0 Å². The molecule has 0 aliphatic heterocycles.